The van der Waals surface area contributed by atoms with E-state index in [4.69, 9.17) is 4.74 Å². The predicted octanol–water partition coefficient (Wildman–Crippen LogP) is 1.59. The largest absolute Gasteiger partial charge is 0.475 e. The molecule has 0 spiro atoms. The number of likely N-dealkylation sites (N-methyl/N-ethyl adjacent to an activating group) is 1. The molecule has 0 aromatic carbocycles. The smallest absolute Gasteiger partial charge is 0.421 e. The van der Waals surface area contributed by atoms with Gasteiger partial charge in [-0.3, -0.25) is 9.69 Å². The minimum atomic E-state index is -4.52. The summed E-state index contributed by atoms with van der Waals surface area (Å²) in [6.07, 6.45) is -1.53. The molecule has 2 rings (SSSR count). The van der Waals surface area contributed by atoms with Gasteiger partial charge in [-0.2, -0.15) is 13.2 Å². The van der Waals surface area contributed by atoms with Crippen LogP contribution >= 0.6 is 0 Å². The second-order valence-electron chi connectivity index (χ2n) is 7.45. The fraction of sp³-hybridized carbons (Fsp3) is 0.650. The molecule has 2 heterocycles. The summed E-state index contributed by atoms with van der Waals surface area (Å²) in [4.78, 5) is 23.6. The molecule has 2 N–H and O–H groups in total. The quantitative estimate of drug-likeness (QED) is 0.360. The van der Waals surface area contributed by atoms with E-state index in [1.807, 2.05) is 6.92 Å². The minimum Gasteiger partial charge on any atom is -0.475 e. The number of pyridine rings is 1. The molecular weight excluding hydrogens is 413 g/mol. The van der Waals surface area contributed by atoms with Crippen LogP contribution in [0.25, 0.3) is 0 Å². The normalized spacial score (nSPS) is 16.1. The lowest BCUT2D eigenvalue weighted by Crippen LogP contribution is -2.50. The number of halogens is 3. The van der Waals surface area contributed by atoms with Crippen molar-refractivity contribution in [3.05, 3.63) is 23.9 Å². The van der Waals surface area contributed by atoms with Crippen molar-refractivity contribution in [3.63, 3.8) is 0 Å². The summed E-state index contributed by atoms with van der Waals surface area (Å²) in [6.45, 7) is 4.77. The number of aliphatic imine (C=N–C) groups is 1. The van der Waals surface area contributed by atoms with Crippen LogP contribution in [-0.2, 0) is 11.0 Å². The molecule has 1 aliphatic heterocycles. The molecule has 1 saturated heterocycles. The van der Waals surface area contributed by atoms with E-state index in [9.17, 15) is 18.0 Å². The minimum absolute atomic E-state index is 0.0260. The van der Waals surface area contributed by atoms with Crippen molar-refractivity contribution in [3.8, 4) is 5.88 Å². The Bertz CT molecular complexity index is 734. The summed E-state index contributed by atoms with van der Waals surface area (Å²) in [7, 11) is 3.49. The van der Waals surface area contributed by atoms with E-state index in [2.05, 4.69) is 25.5 Å². The van der Waals surface area contributed by atoms with Crippen LogP contribution < -0.4 is 15.4 Å². The molecule has 174 valence electrons. The first-order valence-electron chi connectivity index (χ1n) is 10.3. The second kappa shape index (κ2) is 11.7. The molecule has 0 atom stereocenters. The van der Waals surface area contributed by atoms with Gasteiger partial charge in [-0.05, 0) is 31.9 Å². The van der Waals surface area contributed by atoms with Crippen LogP contribution in [0.2, 0.25) is 0 Å². The Morgan fingerprint density at radius 3 is 2.68 bits per heavy atom. The van der Waals surface area contributed by atoms with Crippen molar-refractivity contribution in [2.45, 2.75) is 32.0 Å². The number of hydrogen-bond donors (Lipinski definition) is 2. The summed E-state index contributed by atoms with van der Waals surface area (Å²) < 4.78 is 44.2. The number of piperidine rings is 1. The van der Waals surface area contributed by atoms with Gasteiger partial charge in [0.1, 0.15) is 12.2 Å². The van der Waals surface area contributed by atoms with Crippen molar-refractivity contribution in [1.29, 1.82) is 0 Å². The van der Waals surface area contributed by atoms with Gasteiger partial charge in [-0.15, -0.1) is 0 Å². The van der Waals surface area contributed by atoms with Gasteiger partial charge >= 0.3 is 6.18 Å². The number of carbonyl (C=O) groups is 1. The number of likely N-dealkylation sites (tertiary alicyclic amines) is 1. The molecule has 31 heavy (non-hydrogen) atoms. The van der Waals surface area contributed by atoms with Crippen molar-refractivity contribution in [2.24, 2.45) is 4.99 Å². The number of carbonyl (C=O) groups excluding carboxylic acids is 1. The van der Waals surface area contributed by atoms with Crippen molar-refractivity contribution >= 4 is 11.9 Å². The number of nitrogens with zero attached hydrogens (tertiary/aromatic N) is 4. The first-order valence-corrected chi connectivity index (χ1v) is 10.3. The van der Waals surface area contributed by atoms with Gasteiger partial charge in [0, 0.05) is 46.0 Å². The Balaban J connectivity index is 1.82. The van der Waals surface area contributed by atoms with E-state index in [1.54, 1.807) is 19.0 Å². The van der Waals surface area contributed by atoms with E-state index in [0.717, 1.165) is 32.0 Å². The van der Waals surface area contributed by atoms with Crippen LogP contribution in [0.4, 0.5) is 13.2 Å². The Morgan fingerprint density at radius 2 is 2.06 bits per heavy atom. The zero-order valence-electron chi connectivity index (χ0n) is 18.2. The van der Waals surface area contributed by atoms with Crippen LogP contribution in [0.15, 0.2) is 23.3 Å². The van der Waals surface area contributed by atoms with E-state index in [1.165, 1.54) is 12.3 Å². The van der Waals surface area contributed by atoms with Crippen LogP contribution in [0.1, 0.15) is 25.3 Å². The van der Waals surface area contributed by atoms with Gasteiger partial charge in [0.25, 0.3) is 0 Å². The fourth-order valence-electron chi connectivity index (χ4n) is 3.10. The molecule has 0 unspecified atom stereocenters. The third-order valence-electron chi connectivity index (χ3n) is 4.81. The molecule has 8 nitrogen and oxygen atoms in total. The molecule has 1 amide bonds. The zero-order chi connectivity index (χ0) is 22.9. The van der Waals surface area contributed by atoms with Gasteiger partial charge in [-0.1, -0.05) is 0 Å². The zero-order valence-corrected chi connectivity index (χ0v) is 18.2. The number of rotatable bonds is 8. The Morgan fingerprint density at radius 1 is 1.35 bits per heavy atom. The first kappa shape index (κ1) is 24.7. The Labute approximate surface area is 180 Å². The molecule has 0 saturated carbocycles. The number of ether oxygens (including phenoxy) is 1. The Hall–Kier alpha value is -2.56. The highest BCUT2D eigenvalue weighted by molar-refractivity contribution is 5.80. The maximum Gasteiger partial charge on any atom is 0.421 e. The third-order valence-corrected chi connectivity index (χ3v) is 4.81. The van der Waals surface area contributed by atoms with Crippen molar-refractivity contribution in [2.75, 3.05) is 53.4 Å². The van der Waals surface area contributed by atoms with Crippen LogP contribution in [0, 0.1) is 0 Å². The Kier molecular flexibility index (Phi) is 9.35. The lowest BCUT2D eigenvalue weighted by molar-refractivity contribution is -0.139. The number of nitrogens with one attached hydrogen (secondary N) is 2. The summed E-state index contributed by atoms with van der Waals surface area (Å²) in [6, 6.07) is 2.37. The number of alkyl halides is 3. The first-order chi connectivity index (χ1) is 14.7. The van der Waals surface area contributed by atoms with Gasteiger partial charge in [0.15, 0.2) is 5.96 Å². The second-order valence-corrected chi connectivity index (χ2v) is 7.45. The fourth-order valence-corrected chi connectivity index (χ4v) is 3.10. The number of aromatic nitrogens is 1. The molecule has 0 aliphatic carbocycles. The predicted molar refractivity (Wildman–Crippen MR) is 112 cm³/mol. The maximum atomic E-state index is 13.0. The molecule has 1 aromatic heterocycles. The van der Waals surface area contributed by atoms with Crippen LogP contribution in [0.3, 0.4) is 0 Å². The average Bonchev–Trinajstić information content (AvgIpc) is 2.72. The number of hydrogen-bond acceptors (Lipinski definition) is 5. The molecule has 1 aliphatic rings. The summed E-state index contributed by atoms with van der Waals surface area (Å²) in [5.41, 5.74) is -0.900. The molecule has 11 heteroatoms. The molecule has 0 radical (unpaired) electrons. The van der Waals surface area contributed by atoms with Crippen LogP contribution in [-0.4, -0.2) is 86.1 Å². The highest BCUT2D eigenvalue weighted by atomic mass is 19.4. The summed E-state index contributed by atoms with van der Waals surface area (Å²) >= 11 is 0. The van der Waals surface area contributed by atoms with Gasteiger partial charge in [-0.25, -0.2) is 9.98 Å². The number of amides is 1. The van der Waals surface area contributed by atoms with E-state index in [-0.39, 0.29) is 25.1 Å². The topological polar surface area (TPSA) is 82.1 Å². The van der Waals surface area contributed by atoms with Crippen molar-refractivity contribution in [1.82, 2.24) is 25.4 Å². The van der Waals surface area contributed by atoms with Crippen molar-refractivity contribution < 1.29 is 22.7 Å². The monoisotopic (exact) mass is 444 g/mol. The van der Waals surface area contributed by atoms with Gasteiger partial charge in [0.2, 0.25) is 11.8 Å². The van der Waals surface area contributed by atoms with E-state index < -0.39 is 17.6 Å². The molecule has 1 fully saturated rings. The standard InChI is InChI=1S/C20H31F3N6O2/c1-4-24-19(27-15-7-11-29(12-8-15)14-17(30)28(2)3)26-10-13-31-18-16(20(21,22)23)6-5-9-25-18/h5-6,9,15H,4,7-8,10-14H2,1-3H3,(H2,24,26,27). The number of guanidine groups is 1. The summed E-state index contributed by atoms with van der Waals surface area (Å²) in [5.74, 6) is 0.233. The van der Waals surface area contributed by atoms with E-state index in [0.29, 0.717) is 19.0 Å². The highest BCUT2D eigenvalue weighted by Gasteiger charge is 2.35. The maximum absolute atomic E-state index is 13.0. The lowest BCUT2D eigenvalue weighted by Gasteiger charge is -2.33. The SMILES string of the molecule is CCNC(=NCCOc1ncccc1C(F)(F)F)NC1CCN(CC(=O)N(C)C)CC1. The van der Waals surface area contributed by atoms with E-state index >= 15 is 0 Å². The van der Waals surface area contributed by atoms with Gasteiger partial charge < -0.3 is 20.3 Å². The third kappa shape index (κ3) is 8.23. The van der Waals surface area contributed by atoms with Gasteiger partial charge in [0.05, 0.1) is 13.1 Å². The molecule has 0 bridgehead atoms. The average molecular weight is 445 g/mol. The molecular formula is C20H31F3N6O2. The summed E-state index contributed by atoms with van der Waals surface area (Å²) in [5, 5.41) is 6.49. The highest BCUT2D eigenvalue weighted by Crippen LogP contribution is 2.34. The van der Waals surface area contributed by atoms with Crippen LogP contribution in [0.5, 0.6) is 5.88 Å². The molecule has 1 aromatic rings. The lowest BCUT2D eigenvalue weighted by atomic mass is 10.1.